The Bertz CT molecular complexity index is 845. The molecule has 0 aromatic heterocycles. The first kappa shape index (κ1) is 21.8. The Labute approximate surface area is 177 Å². The molecule has 0 saturated heterocycles. The number of aliphatic hydroxyl groups excluding tert-OH is 1. The molecule has 0 spiro atoms. The van der Waals surface area contributed by atoms with Gasteiger partial charge in [0.25, 0.3) is 0 Å². The van der Waals surface area contributed by atoms with Gasteiger partial charge in [0.05, 0.1) is 6.10 Å². The highest BCUT2D eigenvalue weighted by atomic mass is 16.3. The summed E-state index contributed by atoms with van der Waals surface area (Å²) in [6.07, 6.45) is 12.1. The van der Waals surface area contributed by atoms with Crippen molar-refractivity contribution in [2.24, 2.45) is 0 Å². The van der Waals surface area contributed by atoms with Crippen molar-refractivity contribution in [3.8, 4) is 0 Å². The average Bonchev–Trinajstić information content (AvgIpc) is 2.74. The summed E-state index contributed by atoms with van der Waals surface area (Å²) in [7, 11) is 0. The lowest BCUT2D eigenvalue weighted by Gasteiger charge is -2.29. The van der Waals surface area contributed by atoms with E-state index in [1.807, 2.05) is 0 Å². The van der Waals surface area contributed by atoms with E-state index in [4.69, 9.17) is 0 Å². The Balaban J connectivity index is 0.000000166. The molecule has 2 aliphatic rings. The van der Waals surface area contributed by atoms with Crippen LogP contribution in [-0.4, -0.2) is 11.2 Å². The highest BCUT2D eigenvalue weighted by Gasteiger charge is 2.25. The van der Waals surface area contributed by atoms with Crippen molar-refractivity contribution in [1.82, 2.24) is 0 Å². The Hall–Kier alpha value is -1.86. The highest BCUT2D eigenvalue weighted by Crippen LogP contribution is 2.35. The molecular weight excluding hydrogens is 352 g/mol. The van der Waals surface area contributed by atoms with Crippen molar-refractivity contribution < 1.29 is 5.11 Å². The van der Waals surface area contributed by atoms with Crippen LogP contribution in [0.5, 0.6) is 0 Å². The molecule has 4 rings (SSSR count). The summed E-state index contributed by atoms with van der Waals surface area (Å²) in [4.78, 5) is 0. The Morgan fingerprint density at radius 2 is 1.45 bits per heavy atom. The van der Waals surface area contributed by atoms with Crippen molar-refractivity contribution in [2.75, 3.05) is 0 Å². The standard InChI is InChI=1S/C14H20O.C14H18/c1-10-6-5-8-12(11(10)2)13-7-3-4-9-14(13)15;1-11-7-6-10-14(12(11)2)13-8-4-3-5-9-13/h5-6,8,13-15H,3-4,7,9H2,1-2H3;6-8,10H,3-5,9H2,1-2H3. The van der Waals surface area contributed by atoms with Gasteiger partial charge in [0.1, 0.15) is 0 Å². The molecule has 2 aliphatic carbocycles. The lowest BCUT2D eigenvalue weighted by atomic mass is 9.79. The third kappa shape index (κ3) is 5.39. The van der Waals surface area contributed by atoms with Crippen LogP contribution in [0.3, 0.4) is 0 Å². The van der Waals surface area contributed by atoms with Crippen molar-refractivity contribution >= 4 is 5.57 Å². The van der Waals surface area contributed by atoms with E-state index in [1.165, 1.54) is 71.9 Å². The monoisotopic (exact) mass is 390 g/mol. The van der Waals surface area contributed by atoms with Gasteiger partial charge in [0.15, 0.2) is 0 Å². The molecule has 2 atom stereocenters. The zero-order chi connectivity index (χ0) is 20.8. The molecular formula is C28H38O. The van der Waals surface area contributed by atoms with E-state index in [0.717, 1.165) is 12.8 Å². The highest BCUT2D eigenvalue weighted by molar-refractivity contribution is 5.69. The van der Waals surface area contributed by atoms with Crippen LogP contribution in [0.4, 0.5) is 0 Å². The molecule has 2 aromatic rings. The van der Waals surface area contributed by atoms with Gasteiger partial charge in [-0.05, 0) is 105 Å². The smallest absolute Gasteiger partial charge is 0.0608 e. The number of rotatable bonds is 2. The minimum absolute atomic E-state index is 0.126. The second-order valence-electron chi connectivity index (χ2n) is 8.97. The fraction of sp³-hybridized carbons (Fsp3) is 0.500. The lowest BCUT2D eigenvalue weighted by molar-refractivity contribution is 0.106. The van der Waals surface area contributed by atoms with E-state index in [0.29, 0.717) is 5.92 Å². The summed E-state index contributed by atoms with van der Waals surface area (Å²) in [6, 6.07) is 13.1. The van der Waals surface area contributed by atoms with Gasteiger partial charge in [-0.25, -0.2) is 0 Å². The maximum Gasteiger partial charge on any atom is 0.0608 e. The minimum Gasteiger partial charge on any atom is -0.392 e. The third-order valence-electron chi connectivity index (χ3n) is 7.02. The van der Waals surface area contributed by atoms with E-state index in [-0.39, 0.29) is 6.10 Å². The van der Waals surface area contributed by atoms with Crippen molar-refractivity contribution in [2.45, 2.75) is 91.1 Å². The molecule has 1 nitrogen and oxygen atoms in total. The summed E-state index contributed by atoms with van der Waals surface area (Å²) in [5, 5.41) is 10.0. The summed E-state index contributed by atoms with van der Waals surface area (Å²) in [5.41, 5.74) is 9.98. The van der Waals surface area contributed by atoms with E-state index < -0.39 is 0 Å². The van der Waals surface area contributed by atoms with Crippen LogP contribution in [0.15, 0.2) is 42.5 Å². The summed E-state index contributed by atoms with van der Waals surface area (Å²) in [5.74, 6) is 0.374. The molecule has 0 radical (unpaired) electrons. The van der Waals surface area contributed by atoms with Crippen LogP contribution in [0, 0.1) is 27.7 Å². The van der Waals surface area contributed by atoms with E-state index >= 15 is 0 Å². The predicted octanol–water partition coefficient (Wildman–Crippen LogP) is 7.58. The minimum atomic E-state index is -0.126. The fourth-order valence-electron chi connectivity index (χ4n) is 4.83. The molecule has 0 heterocycles. The Morgan fingerprint density at radius 1 is 0.759 bits per heavy atom. The molecule has 1 N–H and O–H groups in total. The molecule has 0 aliphatic heterocycles. The van der Waals surface area contributed by atoms with E-state index in [2.05, 4.69) is 70.2 Å². The normalized spacial score (nSPS) is 21.8. The second kappa shape index (κ2) is 10.3. The molecule has 2 aromatic carbocycles. The van der Waals surface area contributed by atoms with Gasteiger partial charge in [-0.1, -0.05) is 55.3 Å². The Kier molecular flexibility index (Phi) is 7.72. The topological polar surface area (TPSA) is 20.2 Å². The zero-order valence-corrected chi connectivity index (χ0v) is 18.8. The molecule has 156 valence electrons. The first-order chi connectivity index (χ1) is 14.0. The molecule has 1 saturated carbocycles. The van der Waals surface area contributed by atoms with Crippen LogP contribution in [0.2, 0.25) is 0 Å². The maximum absolute atomic E-state index is 10.0. The summed E-state index contributed by atoms with van der Waals surface area (Å²) >= 11 is 0. The summed E-state index contributed by atoms with van der Waals surface area (Å²) in [6.45, 7) is 8.75. The largest absolute Gasteiger partial charge is 0.392 e. The van der Waals surface area contributed by atoms with Gasteiger partial charge in [-0.3, -0.25) is 0 Å². The van der Waals surface area contributed by atoms with Crippen LogP contribution >= 0.6 is 0 Å². The first-order valence-corrected chi connectivity index (χ1v) is 11.5. The second-order valence-corrected chi connectivity index (χ2v) is 8.97. The van der Waals surface area contributed by atoms with Gasteiger partial charge >= 0.3 is 0 Å². The maximum atomic E-state index is 10.0. The number of aliphatic hydroxyl groups is 1. The van der Waals surface area contributed by atoms with Gasteiger partial charge in [-0.15, -0.1) is 0 Å². The molecule has 0 amide bonds. The number of hydrogen-bond donors (Lipinski definition) is 1. The zero-order valence-electron chi connectivity index (χ0n) is 18.8. The number of benzene rings is 2. The van der Waals surface area contributed by atoms with Gasteiger partial charge in [0.2, 0.25) is 0 Å². The van der Waals surface area contributed by atoms with Gasteiger partial charge < -0.3 is 5.11 Å². The average molecular weight is 391 g/mol. The fourth-order valence-corrected chi connectivity index (χ4v) is 4.83. The lowest BCUT2D eigenvalue weighted by Crippen LogP contribution is -2.23. The number of hydrogen-bond acceptors (Lipinski definition) is 1. The number of aryl methyl sites for hydroxylation is 2. The molecule has 0 bridgehead atoms. The van der Waals surface area contributed by atoms with Crippen LogP contribution in [0.1, 0.15) is 90.7 Å². The van der Waals surface area contributed by atoms with Gasteiger partial charge in [0, 0.05) is 5.92 Å². The van der Waals surface area contributed by atoms with Crippen molar-refractivity contribution in [3.63, 3.8) is 0 Å². The molecule has 2 unspecified atom stereocenters. The van der Waals surface area contributed by atoms with Crippen molar-refractivity contribution in [3.05, 3.63) is 75.9 Å². The number of allylic oxidation sites excluding steroid dienone is 2. The van der Waals surface area contributed by atoms with E-state index in [9.17, 15) is 5.11 Å². The first-order valence-electron chi connectivity index (χ1n) is 11.5. The SMILES string of the molecule is Cc1cccc(C2=CCCCC2)c1C.Cc1cccc(C2CCCCC2O)c1C. The van der Waals surface area contributed by atoms with Crippen LogP contribution < -0.4 is 0 Å². The van der Waals surface area contributed by atoms with Crippen LogP contribution in [0.25, 0.3) is 5.57 Å². The van der Waals surface area contributed by atoms with E-state index in [1.54, 1.807) is 5.57 Å². The van der Waals surface area contributed by atoms with Crippen molar-refractivity contribution in [1.29, 1.82) is 0 Å². The Morgan fingerprint density at radius 3 is 2.14 bits per heavy atom. The molecule has 1 fully saturated rings. The quantitative estimate of drug-likeness (QED) is 0.560. The summed E-state index contributed by atoms with van der Waals surface area (Å²) < 4.78 is 0. The molecule has 29 heavy (non-hydrogen) atoms. The van der Waals surface area contributed by atoms with Gasteiger partial charge in [-0.2, -0.15) is 0 Å². The predicted molar refractivity (Wildman–Crippen MR) is 125 cm³/mol. The third-order valence-corrected chi connectivity index (χ3v) is 7.02. The van der Waals surface area contributed by atoms with Crippen LogP contribution in [-0.2, 0) is 0 Å². The molecule has 1 heteroatoms.